The summed E-state index contributed by atoms with van der Waals surface area (Å²) >= 11 is 0. The minimum absolute atomic E-state index is 0.922. The first kappa shape index (κ1) is 10.6. The van der Waals surface area contributed by atoms with Crippen LogP contribution in [0.25, 0.3) is 49.3 Å². The van der Waals surface area contributed by atoms with Gasteiger partial charge in [0, 0.05) is 33.9 Å². The first-order chi connectivity index (χ1) is 10.9. The number of imidazole rings is 1. The van der Waals surface area contributed by atoms with E-state index in [1.807, 2.05) is 24.5 Å². The SMILES string of the molecule is c1cc2oc3ccc4cccc5c4c3c2c(c1)c1nccn51. The standard InChI is InChI=1S/C19H10N2O/c1-3-11-7-8-15-18-16(11)13(5-1)21-10-9-20-19(21)12-4-2-6-14(22-15)17(12)18/h1-10H. The summed E-state index contributed by atoms with van der Waals surface area (Å²) < 4.78 is 8.26. The summed E-state index contributed by atoms with van der Waals surface area (Å²) in [5, 5.41) is 5.96. The summed E-state index contributed by atoms with van der Waals surface area (Å²) in [6.07, 6.45) is 3.89. The number of hydrogen-bond acceptors (Lipinski definition) is 2. The van der Waals surface area contributed by atoms with Gasteiger partial charge in [0.15, 0.2) is 0 Å². The largest absolute Gasteiger partial charge is 0.456 e. The van der Waals surface area contributed by atoms with Gasteiger partial charge in [-0.2, -0.15) is 0 Å². The lowest BCUT2D eigenvalue weighted by molar-refractivity contribution is 0.669. The van der Waals surface area contributed by atoms with E-state index in [9.17, 15) is 0 Å². The van der Waals surface area contributed by atoms with Gasteiger partial charge in [-0.05, 0) is 23.6 Å². The van der Waals surface area contributed by atoms with Gasteiger partial charge in [0.05, 0.1) is 5.52 Å². The molecule has 3 aromatic heterocycles. The quantitative estimate of drug-likeness (QED) is 0.393. The van der Waals surface area contributed by atoms with Crippen molar-refractivity contribution in [2.24, 2.45) is 0 Å². The van der Waals surface area contributed by atoms with E-state index in [-0.39, 0.29) is 0 Å². The fourth-order valence-corrected chi connectivity index (χ4v) is 3.75. The van der Waals surface area contributed by atoms with Crippen molar-refractivity contribution in [3.8, 4) is 0 Å². The summed E-state index contributed by atoms with van der Waals surface area (Å²) in [6.45, 7) is 0. The molecule has 0 saturated carbocycles. The summed E-state index contributed by atoms with van der Waals surface area (Å²) in [4.78, 5) is 4.60. The molecule has 3 heterocycles. The topological polar surface area (TPSA) is 30.4 Å². The minimum atomic E-state index is 0.922. The first-order valence-electron chi connectivity index (χ1n) is 7.33. The summed E-state index contributed by atoms with van der Waals surface area (Å²) in [5.74, 6) is 0. The molecule has 102 valence electrons. The third-order valence-corrected chi connectivity index (χ3v) is 4.62. The van der Waals surface area contributed by atoms with Crippen LogP contribution in [-0.4, -0.2) is 9.38 Å². The molecule has 3 heteroatoms. The average Bonchev–Trinajstić information content (AvgIpc) is 3.15. The average molecular weight is 282 g/mol. The first-order valence-corrected chi connectivity index (χ1v) is 7.33. The molecule has 0 aliphatic heterocycles. The van der Waals surface area contributed by atoms with E-state index < -0.39 is 0 Å². The number of furan rings is 1. The highest BCUT2D eigenvalue weighted by Crippen LogP contribution is 2.40. The maximum absolute atomic E-state index is 6.08. The van der Waals surface area contributed by atoms with Crippen LogP contribution in [0.15, 0.2) is 65.3 Å². The fraction of sp³-hybridized carbons (Fsp3) is 0. The number of rotatable bonds is 0. The fourth-order valence-electron chi connectivity index (χ4n) is 3.75. The molecule has 0 unspecified atom stereocenters. The van der Waals surface area contributed by atoms with Gasteiger partial charge < -0.3 is 4.42 Å². The van der Waals surface area contributed by atoms with Crippen molar-refractivity contribution >= 4 is 49.3 Å². The van der Waals surface area contributed by atoms with Crippen LogP contribution in [0, 0.1) is 0 Å². The Bertz CT molecular complexity index is 1310. The molecule has 3 nitrogen and oxygen atoms in total. The van der Waals surface area contributed by atoms with Crippen molar-refractivity contribution in [3.63, 3.8) is 0 Å². The van der Waals surface area contributed by atoms with Crippen molar-refractivity contribution < 1.29 is 4.42 Å². The summed E-state index contributed by atoms with van der Waals surface area (Å²) in [7, 11) is 0. The zero-order valence-corrected chi connectivity index (χ0v) is 11.6. The Labute approximate surface area is 124 Å². The van der Waals surface area contributed by atoms with E-state index in [4.69, 9.17) is 4.42 Å². The number of benzene rings is 3. The monoisotopic (exact) mass is 282 g/mol. The third kappa shape index (κ3) is 1.05. The maximum Gasteiger partial charge on any atom is 0.145 e. The lowest BCUT2D eigenvalue weighted by atomic mass is 10.0. The van der Waals surface area contributed by atoms with Crippen LogP contribution in [0.4, 0.5) is 0 Å². The number of fused-ring (bicyclic) bond motifs is 3. The Morgan fingerprint density at radius 3 is 2.73 bits per heavy atom. The van der Waals surface area contributed by atoms with E-state index in [0.717, 1.165) is 27.7 Å². The van der Waals surface area contributed by atoms with Crippen molar-refractivity contribution in [3.05, 3.63) is 60.9 Å². The second-order valence-corrected chi connectivity index (χ2v) is 5.72. The van der Waals surface area contributed by atoms with Crippen molar-refractivity contribution in [1.29, 1.82) is 0 Å². The second-order valence-electron chi connectivity index (χ2n) is 5.72. The predicted octanol–water partition coefficient (Wildman–Crippen LogP) is 4.98. The van der Waals surface area contributed by atoms with E-state index in [1.165, 1.54) is 21.5 Å². The highest BCUT2D eigenvalue weighted by molar-refractivity contribution is 6.29. The van der Waals surface area contributed by atoms with Crippen molar-refractivity contribution in [1.82, 2.24) is 9.38 Å². The molecule has 6 rings (SSSR count). The molecule has 0 aliphatic carbocycles. The van der Waals surface area contributed by atoms with Gasteiger partial charge in [0.2, 0.25) is 0 Å². The maximum atomic E-state index is 6.08. The molecule has 3 aromatic carbocycles. The van der Waals surface area contributed by atoms with Crippen molar-refractivity contribution in [2.75, 3.05) is 0 Å². The van der Waals surface area contributed by atoms with Crippen LogP contribution in [0.5, 0.6) is 0 Å². The third-order valence-electron chi connectivity index (χ3n) is 4.62. The smallest absolute Gasteiger partial charge is 0.145 e. The van der Waals surface area contributed by atoms with Crippen LogP contribution in [0.3, 0.4) is 0 Å². The molecule has 0 amide bonds. The molecule has 0 N–H and O–H groups in total. The van der Waals surface area contributed by atoms with Crippen LogP contribution < -0.4 is 0 Å². The molecule has 6 aromatic rings. The zero-order chi connectivity index (χ0) is 14.3. The molecule has 0 radical (unpaired) electrons. The van der Waals surface area contributed by atoms with Gasteiger partial charge in [-0.1, -0.05) is 30.3 Å². The van der Waals surface area contributed by atoms with Gasteiger partial charge in [0.1, 0.15) is 16.8 Å². The van der Waals surface area contributed by atoms with Gasteiger partial charge in [-0.25, -0.2) is 4.98 Å². The minimum Gasteiger partial charge on any atom is -0.456 e. The molecule has 0 aliphatic rings. The Morgan fingerprint density at radius 1 is 0.818 bits per heavy atom. The lowest BCUT2D eigenvalue weighted by Crippen LogP contribution is -1.83. The second kappa shape index (κ2) is 3.39. The molecule has 0 spiro atoms. The van der Waals surface area contributed by atoms with Crippen LogP contribution >= 0.6 is 0 Å². The predicted molar refractivity (Wildman–Crippen MR) is 88.7 cm³/mol. The van der Waals surface area contributed by atoms with Gasteiger partial charge in [-0.3, -0.25) is 4.40 Å². The van der Waals surface area contributed by atoms with Crippen LogP contribution in [-0.2, 0) is 0 Å². The molecule has 0 fully saturated rings. The summed E-state index contributed by atoms with van der Waals surface area (Å²) in [6, 6.07) is 16.8. The molecular weight excluding hydrogens is 272 g/mol. The van der Waals surface area contributed by atoms with E-state index in [2.05, 4.69) is 45.8 Å². The lowest BCUT2D eigenvalue weighted by Gasteiger charge is -2.02. The highest BCUT2D eigenvalue weighted by atomic mass is 16.3. The van der Waals surface area contributed by atoms with Gasteiger partial charge >= 0.3 is 0 Å². The Kier molecular flexibility index (Phi) is 1.64. The normalized spacial score (nSPS) is 12.5. The van der Waals surface area contributed by atoms with Crippen LogP contribution in [0.2, 0.25) is 0 Å². The van der Waals surface area contributed by atoms with Crippen molar-refractivity contribution in [2.45, 2.75) is 0 Å². The van der Waals surface area contributed by atoms with E-state index in [0.29, 0.717) is 0 Å². The molecule has 0 saturated heterocycles. The number of nitrogens with zero attached hydrogens (tertiary/aromatic N) is 2. The molecule has 0 bridgehead atoms. The molecule has 0 atom stereocenters. The zero-order valence-electron chi connectivity index (χ0n) is 11.6. The van der Waals surface area contributed by atoms with Gasteiger partial charge in [-0.15, -0.1) is 0 Å². The number of hydrogen-bond donors (Lipinski definition) is 0. The highest BCUT2D eigenvalue weighted by Gasteiger charge is 2.17. The Hall–Kier alpha value is -3.07. The van der Waals surface area contributed by atoms with Gasteiger partial charge in [0.25, 0.3) is 0 Å². The Balaban J connectivity index is 2.24. The van der Waals surface area contributed by atoms with Crippen LogP contribution in [0.1, 0.15) is 0 Å². The van der Waals surface area contributed by atoms with E-state index in [1.54, 1.807) is 0 Å². The Morgan fingerprint density at radius 2 is 1.73 bits per heavy atom. The summed E-state index contributed by atoms with van der Waals surface area (Å²) in [5.41, 5.74) is 3.99. The molecule has 22 heavy (non-hydrogen) atoms. The number of aromatic nitrogens is 2. The van der Waals surface area contributed by atoms with E-state index >= 15 is 0 Å². The molecular formula is C19H10N2O.